The van der Waals surface area contributed by atoms with Crippen molar-refractivity contribution in [2.24, 2.45) is 0 Å². The molecule has 0 radical (unpaired) electrons. The molecule has 4 nitrogen and oxygen atoms in total. The number of pyridine rings is 1. The van der Waals surface area contributed by atoms with E-state index in [-0.39, 0.29) is 11.6 Å². The number of benzene rings is 1. The maximum Gasteiger partial charge on any atom is 0.336 e. The molecule has 2 rings (SSSR count). The summed E-state index contributed by atoms with van der Waals surface area (Å²) in [5.74, 6) is -0.372. The minimum Gasteiger partial charge on any atom is -0.478 e. The van der Waals surface area contributed by atoms with Gasteiger partial charge >= 0.3 is 5.97 Å². The van der Waals surface area contributed by atoms with Gasteiger partial charge in [-0.15, -0.1) is 6.58 Å². The number of hydrogen-bond donors (Lipinski definition) is 2. The van der Waals surface area contributed by atoms with Gasteiger partial charge in [-0.1, -0.05) is 24.3 Å². The molecule has 0 amide bonds. The van der Waals surface area contributed by atoms with Crippen LogP contribution in [0.25, 0.3) is 10.9 Å². The van der Waals surface area contributed by atoms with Crippen LogP contribution in [-0.4, -0.2) is 22.1 Å². The molecule has 1 atom stereocenters. The molecular formula is C15H16N2O2. The molecule has 0 aliphatic carbocycles. The van der Waals surface area contributed by atoms with E-state index >= 15 is 0 Å². The summed E-state index contributed by atoms with van der Waals surface area (Å²) in [7, 11) is 0. The van der Waals surface area contributed by atoms with E-state index in [1.807, 2.05) is 31.2 Å². The Balaban J connectivity index is 2.46. The molecule has 19 heavy (non-hydrogen) atoms. The van der Waals surface area contributed by atoms with Crippen molar-refractivity contribution >= 4 is 22.7 Å². The number of nitrogens with zero attached hydrogens (tertiary/aromatic N) is 1. The molecular weight excluding hydrogens is 240 g/mol. The summed E-state index contributed by atoms with van der Waals surface area (Å²) in [5, 5.41) is 13.1. The minimum atomic E-state index is -0.946. The first-order chi connectivity index (χ1) is 9.11. The van der Waals surface area contributed by atoms with Crippen molar-refractivity contribution in [3.05, 3.63) is 48.6 Å². The van der Waals surface area contributed by atoms with Crippen LogP contribution in [0.5, 0.6) is 0 Å². The second-order valence-electron chi connectivity index (χ2n) is 4.45. The first kappa shape index (κ1) is 13.1. The quantitative estimate of drug-likeness (QED) is 0.806. The number of rotatable bonds is 5. The fourth-order valence-electron chi connectivity index (χ4n) is 1.99. The van der Waals surface area contributed by atoms with Crippen molar-refractivity contribution in [1.29, 1.82) is 0 Å². The van der Waals surface area contributed by atoms with Crippen molar-refractivity contribution in [1.82, 2.24) is 4.98 Å². The molecule has 1 heterocycles. The highest BCUT2D eigenvalue weighted by Gasteiger charge is 2.12. The van der Waals surface area contributed by atoms with Crippen LogP contribution in [0.3, 0.4) is 0 Å². The summed E-state index contributed by atoms with van der Waals surface area (Å²) in [4.78, 5) is 15.7. The van der Waals surface area contributed by atoms with Gasteiger partial charge in [0, 0.05) is 11.4 Å². The number of fused-ring (bicyclic) bond motifs is 1. The number of aromatic nitrogens is 1. The highest BCUT2D eigenvalue weighted by atomic mass is 16.4. The van der Waals surface area contributed by atoms with Crippen molar-refractivity contribution in [2.45, 2.75) is 19.4 Å². The maximum absolute atomic E-state index is 11.3. The van der Waals surface area contributed by atoms with Crippen molar-refractivity contribution in [3.63, 3.8) is 0 Å². The molecule has 0 aliphatic rings. The largest absolute Gasteiger partial charge is 0.478 e. The molecule has 0 saturated carbocycles. The average Bonchev–Trinajstić information content (AvgIpc) is 2.37. The number of nitrogens with one attached hydrogen (secondary N) is 1. The van der Waals surface area contributed by atoms with Gasteiger partial charge in [-0.25, -0.2) is 9.78 Å². The number of anilines is 1. The Bertz CT molecular complexity index is 623. The molecule has 0 fully saturated rings. The third-order valence-electron chi connectivity index (χ3n) is 2.86. The van der Waals surface area contributed by atoms with Crippen LogP contribution < -0.4 is 5.32 Å². The van der Waals surface area contributed by atoms with Crippen molar-refractivity contribution < 1.29 is 9.90 Å². The van der Waals surface area contributed by atoms with E-state index in [4.69, 9.17) is 0 Å². The van der Waals surface area contributed by atoms with Crippen molar-refractivity contribution in [3.8, 4) is 0 Å². The predicted octanol–water partition coefficient (Wildman–Crippen LogP) is 3.31. The Kier molecular flexibility index (Phi) is 3.80. The molecule has 1 aromatic heterocycles. The first-order valence-electron chi connectivity index (χ1n) is 6.12. The highest BCUT2D eigenvalue weighted by Crippen LogP contribution is 2.21. The molecule has 0 saturated heterocycles. The lowest BCUT2D eigenvalue weighted by Crippen LogP contribution is -2.15. The standard InChI is InChI=1S/C15H16N2O2/c1-3-6-10(2)16-14-9-12(15(18)19)11-7-4-5-8-13(11)17-14/h3-5,7-10H,1,6H2,2H3,(H,16,17)(H,18,19). The summed E-state index contributed by atoms with van der Waals surface area (Å²) in [6.07, 6.45) is 2.60. The lowest BCUT2D eigenvalue weighted by molar-refractivity contribution is 0.0699. The van der Waals surface area contributed by atoms with E-state index in [2.05, 4.69) is 16.9 Å². The summed E-state index contributed by atoms with van der Waals surface area (Å²) < 4.78 is 0. The zero-order chi connectivity index (χ0) is 13.8. The highest BCUT2D eigenvalue weighted by molar-refractivity contribution is 6.03. The fraction of sp³-hybridized carbons (Fsp3) is 0.200. The Morgan fingerprint density at radius 1 is 1.53 bits per heavy atom. The molecule has 0 bridgehead atoms. The third kappa shape index (κ3) is 2.91. The van der Waals surface area contributed by atoms with E-state index in [0.29, 0.717) is 16.7 Å². The van der Waals surface area contributed by atoms with Gasteiger partial charge in [0.1, 0.15) is 5.82 Å². The Morgan fingerprint density at radius 2 is 2.26 bits per heavy atom. The second-order valence-corrected chi connectivity index (χ2v) is 4.45. The third-order valence-corrected chi connectivity index (χ3v) is 2.86. The van der Waals surface area contributed by atoms with Gasteiger partial charge in [0.2, 0.25) is 0 Å². The van der Waals surface area contributed by atoms with Crippen LogP contribution in [0, 0.1) is 0 Å². The molecule has 2 N–H and O–H groups in total. The molecule has 1 aromatic carbocycles. The molecule has 2 aromatic rings. The van der Waals surface area contributed by atoms with E-state index < -0.39 is 5.97 Å². The number of hydrogen-bond acceptors (Lipinski definition) is 3. The number of carbonyl (C=O) groups is 1. The smallest absolute Gasteiger partial charge is 0.336 e. The average molecular weight is 256 g/mol. The van der Waals surface area contributed by atoms with Gasteiger partial charge in [-0.3, -0.25) is 0 Å². The number of carboxylic acids is 1. The topological polar surface area (TPSA) is 62.2 Å². The van der Waals surface area contributed by atoms with Crippen LogP contribution in [-0.2, 0) is 0 Å². The lowest BCUT2D eigenvalue weighted by atomic mass is 10.1. The first-order valence-corrected chi connectivity index (χ1v) is 6.12. The Hall–Kier alpha value is -2.36. The van der Waals surface area contributed by atoms with Gasteiger partial charge in [0.15, 0.2) is 0 Å². The Labute approximate surface area is 111 Å². The number of para-hydroxylation sites is 1. The number of carboxylic acid groups (broad SMARTS) is 1. The van der Waals surface area contributed by atoms with Crippen molar-refractivity contribution in [2.75, 3.05) is 5.32 Å². The normalized spacial score (nSPS) is 12.1. The van der Waals surface area contributed by atoms with E-state index in [1.165, 1.54) is 0 Å². The van der Waals surface area contributed by atoms with E-state index in [1.54, 1.807) is 12.1 Å². The summed E-state index contributed by atoms with van der Waals surface area (Å²) in [5.41, 5.74) is 0.939. The van der Waals surface area contributed by atoms with Crippen LogP contribution in [0.4, 0.5) is 5.82 Å². The summed E-state index contributed by atoms with van der Waals surface area (Å²) >= 11 is 0. The SMILES string of the molecule is C=CCC(C)Nc1cc(C(=O)O)c2ccccc2n1. The van der Waals surface area contributed by atoms with Gasteiger partial charge < -0.3 is 10.4 Å². The minimum absolute atomic E-state index is 0.160. The zero-order valence-electron chi connectivity index (χ0n) is 10.8. The van der Waals surface area contributed by atoms with E-state index in [0.717, 1.165) is 6.42 Å². The van der Waals surface area contributed by atoms with Gasteiger partial charge in [0.05, 0.1) is 11.1 Å². The fourth-order valence-corrected chi connectivity index (χ4v) is 1.99. The maximum atomic E-state index is 11.3. The molecule has 4 heteroatoms. The monoisotopic (exact) mass is 256 g/mol. The van der Waals surface area contributed by atoms with Gasteiger partial charge in [-0.05, 0) is 25.5 Å². The van der Waals surface area contributed by atoms with Crippen LogP contribution in [0.1, 0.15) is 23.7 Å². The second kappa shape index (κ2) is 5.52. The van der Waals surface area contributed by atoms with E-state index in [9.17, 15) is 9.90 Å². The lowest BCUT2D eigenvalue weighted by Gasteiger charge is -2.14. The molecule has 0 spiro atoms. The van der Waals surface area contributed by atoms with Crippen LogP contribution in [0.15, 0.2) is 43.0 Å². The zero-order valence-corrected chi connectivity index (χ0v) is 10.8. The molecule has 0 aliphatic heterocycles. The predicted molar refractivity (Wildman–Crippen MR) is 76.6 cm³/mol. The molecule has 1 unspecified atom stereocenters. The number of aromatic carboxylic acids is 1. The van der Waals surface area contributed by atoms with Gasteiger partial charge in [0.25, 0.3) is 0 Å². The van der Waals surface area contributed by atoms with Crippen LogP contribution in [0.2, 0.25) is 0 Å². The Morgan fingerprint density at radius 3 is 2.95 bits per heavy atom. The summed E-state index contributed by atoms with van der Waals surface area (Å²) in [6.45, 7) is 5.68. The van der Waals surface area contributed by atoms with Gasteiger partial charge in [-0.2, -0.15) is 0 Å². The van der Waals surface area contributed by atoms with Crippen LogP contribution >= 0.6 is 0 Å². The molecule has 98 valence electrons. The summed E-state index contributed by atoms with van der Waals surface area (Å²) in [6, 6.07) is 8.97.